The number of alkyl halides is 3. The van der Waals surface area contributed by atoms with Crippen LogP contribution in [0.15, 0.2) is 125 Å². The highest BCUT2D eigenvalue weighted by molar-refractivity contribution is 7.99. The molecular weight excluding hydrogens is 810 g/mol. The molecule has 0 bridgehead atoms. The second kappa shape index (κ2) is 19.0. The third kappa shape index (κ3) is 11.1. The fourth-order valence-electron chi connectivity index (χ4n) is 6.74. The fourth-order valence-corrected chi connectivity index (χ4v) is 8.92. The second-order valence-corrected chi connectivity index (χ2v) is 17.4. The number of benzene rings is 5. The third-order valence-electron chi connectivity index (χ3n) is 9.82. The van der Waals surface area contributed by atoms with Crippen molar-refractivity contribution in [1.82, 2.24) is 14.5 Å². The summed E-state index contributed by atoms with van der Waals surface area (Å²) in [5.74, 6) is -2.74. The number of nitrogens with zero attached hydrogens (tertiary/aromatic N) is 3. The van der Waals surface area contributed by atoms with Crippen molar-refractivity contribution >= 4 is 50.7 Å². The topological polar surface area (TPSA) is 85.0 Å². The number of rotatable bonds is 15. The van der Waals surface area contributed by atoms with E-state index in [2.05, 4.69) is 27.2 Å². The number of hydrogen-bond acceptors (Lipinski definition) is 8. The molecule has 2 N–H and O–H groups in total. The zero-order valence-electron chi connectivity index (χ0n) is 32.0. The van der Waals surface area contributed by atoms with Gasteiger partial charge in [0.25, 0.3) is 15.9 Å². The van der Waals surface area contributed by atoms with Crippen molar-refractivity contribution in [3.8, 4) is 11.1 Å². The summed E-state index contributed by atoms with van der Waals surface area (Å²) in [4.78, 5) is 19.1. The molecule has 0 spiro atoms. The van der Waals surface area contributed by atoms with E-state index in [-0.39, 0.29) is 5.56 Å². The van der Waals surface area contributed by atoms with E-state index in [0.29, 0.717) is 36.8 Å². The monoisotopic (exact) mass is 853 g/mol. The van der Waals surface area contributed by atoms with Crippen LogP contribution in [0, 0.1) is 5.82 Å². The average Bonchev–Trinajstić information content (AvgIpc) is 3.19. The summed E-state index contributed by atoms with van der Waals surface area (Å²) < 4.78 is 87.4. The van der Waals surface area contributed by atoms with Gasteiger partial charge in [-0.15, -0.1) is 11.8 Å². The van der Waals surface area contributed by atoms with Crippen LogP contribution in [-0.2, 0) is 22.7 Å². The summed E-state index contributed by atoms with van der Waals surface area (Å²) in [7, 11) is -1.39. The summed E-state index contributed by atoms with van der Waals surface area (Å²) in [6.07, 6.45) is -4.82. The van der Waals surface area contributed by atoms with Crippen molar-refractivity contribution in [3.63, 3.8) is 0 Å². The van der Waals surface area contributed by atoms with Crippen molar-refractivity contribution in [1.29, 1.82) is 0 Å². The first-order valence-corrected chi connectivity index (χ1v) is 21.5. The molecule has 8 nitrogen and oxygen atoms in total. The molecule has 1 heterocycles. The van der Waals surface area contributed by atoms with Gasteiger partial charge in [0, 0.05) is 71.4 Å². The molecule has 1 atom stereocenters. The Hall–Kier alpha value is -4.60. The van der Waals surface area contributed by atoms with Crippen LogP contribution in [0.25, 0.3) is 11.1 Å². The molecule has 58 heavy (non-hydrogen) atoms. The molecule has 1 amide bonds. The standard InChI is InChI=1S/C43H44ClF4N5O3S2/c1-51(2)23-22-34(29-57-36-9-4-3-5-10-36)49-38-20-21-39(41(45)40(38)43(46,47)48)58(55,56)50-42(54)31-14-18-35(19-15-31)53-26-24-52(25-27-53)28-32-8-6-7-11-37(32)30-12-16-33(44)17-13-30/h3-21,34,49H,22-29H2,1-2H3,(H,50,54)/t34-/m1/s1. The molecule has 1 saturated heterocycles. The van der Waals surface area contributed by atoms with E-state index >= 15 is 4.39 Å². The number of halogens is 5. The average molecular weight is 854 g/mol. The SMILES string of the molecule is CN(C)CC[C@H](CSc1ccccc1)Nc1ccc(S(=O)(=O)NC(=O)c2ccc(N3CCN(Cc4ccccc4-c4ccc(Cl)cc4)CC3)cc2)c(F)c1C(F)(F)F. The Bertz CT molecular complexity index is 2270. The summed E-state index contributed by atoms with van der Waals surface area (Å²) in [5, 5.41) is 3.50. The van der Waals surface area contributed by atoms with Crippen molar-refractivity contribution in [2.45, 2.75) is 35.0 Å². The molecule has 1 fully saturated rings. The first-order chi connectivity index (χ1) is 27.7. The van der Waals surface area contributed by atoms with Gasteiger partial charge in [-0.3, -0.25) is 9.69 Å². The molecule has 306 valence electrons. The lowest BCUT2D eigenvalue weighted by molar-refractivity contribution is -0.139. The lowest BCUT2D eigenvalue weighted by atomic mass is 9.99. The summed E-state index contributed by atoms with van der Waals surface area (Å²) in [5.41, 5.74) is 1.85. The van der Waals surface area contributed by atoms with Gasteiger partial charge in [-0.2, -0.15) is 13.2 Å². The molecule has 0 radical (unpaired) electrons. The molecule has 5 aromatic rings. The predicted molar refractivity (Wildman–Crippen MR) is 225 cm³/mol. The van der Waals surface area contributed by atoms with E-state index in [9.17, 15) is 26.4 Å². The van der Waals surface area contributed by atoms with Gasteiger partial charge in [-0.1, -0.05) is 66.2 Å². The van der Waals surface area contributed by atoms with Crippen LogP contribution < -0.4 is 14.9 Å². The minimum absolute atomic E-state index is 0.0563. The largest absolute Gasteiger partial charge is 0.421 e. The van der Waals surface area contributed by atoms with Crippen LogP contribution in [0.4, 0.5) is 28.9 Å². The minimum Gasteiger partial charge on any atom is -0.381 e. The van der Waals surface area contributed by atoms with Gasteiger partial charge in [0.2, 0.25) is 0 Å². The fraction of sp³-hybridized carbons (Fsp3) is 0.279. The number of carbonyl (C=O) groups excluding carboxylic acids is 1. The number of carbonyl (C=O) groups is 1. The molecule has 15 heteroatoms. The van der Waals surface area contributed by atoms with Crippen LogP contribution in [0.5, 0.6) is 0 Å². The smallest absolute Gasteiger partial charge is 0.381 e. The van der Waals surface area contributed by atoms with E-state index in [0.717, 1.165) is 53.5 Å². The summed E-state index contributed by atoms with van der Waals surface area (Å²) in [6, 6.07) is 32.7. The number of nitrogens with one attached hydrogen (secondary N) is 2. The number of sulfonamides is 1. The van der Waals surface area contributed by atoms with E-state index < -0.39 is 50.1 Å². The van der Waals surface area contributed by atoms with Crippen LogP contribution in [0.1, 0.15) is 27.9 Å². The van der Waals surface area contributed by atoms with Gasteiger partial charge < -0.3 is 15.1 Å². The first kappa shape index (κ1) is 43.0. The maximum atomic E-state index is 15.8. The molecule has 5 aromatic carbocycles. The Balaban J connectivity index is 1.10. The normalized spacial score (nSPS) is 14.4. The number of thioether (sulfide) groups is 1. The predicted octanol–water partition coefficient (Wildman–Crippen LogP) is 9.13. The van der Waals surface area contributed by atoms with Crippen molar-refractivity contribution < 1.29 is 30.8 Å². The maximum absolute atomic E-state index is 15.8. The molecule has 6 rings (SSSR count). The Labute approximate surface area is 346 Å². The Morgan fingerprint density at radius 3 is 2.17 bits per heavy atom. The van der Waals surface area contributed by atoms with Gasteiger partial charge in [0.1, 0.15) is 10.5 Å². The number of piperazine rings is 1. The summed E-state index contributed by atoms with van der Waals surface area (Å²) >= 11 is 7.53. The van der Waals surface area contributed by atoms with Gasteiger partial charge in [-0.25, -0.2) is 17.5 Å². The molecule has 0 aliphatic carbocycles. The Kier molecular flexibility index (Phi) is 14.1. The van der Waals surface area contributed by atoms with E-state index in [1.165, 1.54) is 29.5 Å². The van der Waals surface area contributed by atoms with Crippen LogP contribution in [0.2, 0.25) is 5.02 Å². The van der Waals surface area contributed by atoms with Crippen molar-refractivity contribution in [2.24, 2.45) is 0 Å². The highest BCUT2D eigenvalue weighted by Gasteiger charge is 2.41. The van der Waals surface area contributed by atoms with Crippen LogP contribution >= 0.6 is 23.4 Å². The van der Waals surface area contributed by atoms with E-state index in [1.54, 1.807) is 16.9 Å². The molecule has 0 saturated carbocycles. The molecular formula is C43H44ClF4N5O3S2. The van der Waals surface area contributed by atoms with Gasteiger partial charge in [0.05, 0.1) is 0 Å². The van der Waals surface area contributed by atoms with Crippen molar-refractivity contribution in [3.05, 3.63) is 143 Å². The van der Waals surface area contributed by atoms with E-state index in [1.807, 2.05) is 85.7 Å². The molecule has 0 aromatic heterocycles. The zero-order chi connectivity index (χ0) is 41.5. The number of amides is 1. The molecule has 1 aliphatic heterocycles. The minimum atomic E-state index is -5.25. The molecule has 0 unspecified atom stereocenters. The molecule has 1 aliphatic rings. The first-order valence-electron chi connectivity index (χ1n) is 18.6. The van der Waals surface area contributed by atoms with Crippen molar-refractivity contribution in [2.75, 3.05) is 62.8 Å². The lowest BCUT2D eigenvalue weighted by Crippen LogP contribution is -2.46. The zero-order valence-corrected chi connectivity index (χ0v) is 34.4. The van der Waals surface area contributed by atoms with Crippen LogP contribution in [0.3, 0.4) is 0 Å². The third-order valence-corrected chi connectivity index (χ3v) is 12.6. The highest BCUT2D eigenvalue weighted by Crippen LogP contribution is 2.40. The lowest BCUT2D eigenvalue weighted by Gasteiger charge is -2.36. The summed E-state index contributed by atoms with van der Waals surface area (Å²) in [6.45, 7) is 4.26. The Morgan fingerprint density at radius 1 is 0.862 bits per heavy atom. The number of anilines is 2. The van der Waals surface area contributed by atoms with Gasteiger partial charge >= 0.3 is 6.18 Å². The highest BCUT2D eigenvalue weighted by atomic mass is 35.5. The number of hydrogen-bond donors (Lipinski definition) is 2. The Morgan fingerprint density at radius 2 is 1.52 bits per heavy atom. The quantitative estimate of drug-likeness (QED) is 0.0798. The maximum Gasteiger partial charge on any atom is 0.421 e. The second-order valence-electron chi connectivity index (χ2n) is 14.3. The van der Waals surface area contributed by atoms with Gasteiger partial charge in [-0.05, 0) is 104 Å². The van der Waals surface area contributed by atoms with Gasteiger partial charge in [0.15, 0.2) is 5.82 Å². The van der Waals surface area contributed by atoms with Crippen LogP contribution in [-0.4, -0.2) is 82.7 Å². The van der Waals surface area contributed by atoms with E-state index in [4.69, 9.17) is 11.6 Å².